The molecule has 1 atom stereocenters. The van der Waals surface area contributed by atoms with E-state index in [-0.39, 0.29) is 13.0 Å². The molecular weight excluding hydrogens is 300 g/mol. The molecule has 120 valence electrons. The molecule has 1 fully saturated rings. The van der Waals surface area contributed by atoms with E-state index in [0.29, 0.717) is 6.54 Å². The molecule has 0 saturated carbocycles. The van der Waals surface area contributed by atoms with Crippen molar-refractivity contribution in [2.75, 3.05) is 13.1 Å². The van der Waals surface area contributed by atoms with Crippen molar-refractivity contribution in [1.29, 1.82) is 0 Å². The van der Waals surface area contributed by atoms with Crippen molar-refractivity contribution in [3.8, 4) is 0 Å². The van der Waals surface area contributed by atoms with Gasteiger partial charge in [0.2, 0.25) is 0 Å². The number of H-pyrrole nitrogens is 1. The number of aliphatic carboxylic acids is 1. The molecule has 8 heteroatoms. The Morgan fingerprint density at radius 1 is 1.35 bits per heavy atom. The molecule has 4 amide bonds. The van der Waals surface area contributed by atoms with Gasteiger partial charge in [-0.25, -0.2) is 14.5 Å². The van der Waals surface area contributed by atoms with Crippen molar-refractivity contribution in [3.63, 3.8) is 0 Å². The maximum atomic E-state index is 12.0. The van der Waals surface area contributed by atoms with E-state index in [0.717, 1.165) is 21.4 Å². The number of nitrogens with zero attached hydrogens (tertiary/aromatic N) is 1. The molecule has 1 aliphatic rings. The lowest BCUT2D eigenvalue weighted by molar-refractivity contribution is -0.308. The summed E-state index contributed by atoms with van der Waals surface area (Å²) in [6.45, 7) is 0.558. The van der Waals surface area contributed by atoms with Crippen LogP contribution in [0.2, 0.25) is 0 Å². The Bertz CT molecular complexity index is 770. The molecule has 1 saturated heterocycles. The van der Waals surface area contributed by atoms with Gasteiger partial charge in [0, 0.05) is 36.6 Å². The summed E-state index contributed by atoms with van der Waals surface area (Å²) in [5.41, 5.74) is 1.63. The number of carboxylic acids is 1. The molecule has 1 aliphatic heterocycles. The molecule has 2 aromatic rings. The van der Waals surface area contributed by atoms with Gasteiger partial charge in [-0.15, -0.1) is 0 Å². The van der Waals surface area contributed by atoms with Crippen LogP contribution in [0.1, 0.15) is 5.56 Å². The molecule has 1 aromatic heterocycles. The molecule has 0 spiro atoms. The van der Waals surface area contributed by atoms with Crippen molar-refractivity contribution in [2.45, 2.75) is 12.5 Å². The number of hydrogen-bond acceptors (Lipinski definition) is 4. The van der Waals surface area contributed by atoms with Gasteiger partial charge in [-0.1, -0.05) is 18.2 Å². The fraction of sp³-hybridized carbons (Fsp3) is 0.267. The second-order valence-electron chi connectivity index (χ2n) is 5.27. The highest BCUT2D eigenvalue weighted by Crippen LogP contribution is 2.19. The van der Waals surface area contributed by atoms with Crippen molar-refractivity contribution in [3.05, 3.63) is 36.0 Å². The topological polar surface area (TPSA) is 117 Å². The minimum absolute atomic E-state index is 0.0630. The van der Waals surface area contributed by atoms with Gasteiger partial charge in [-0.2, -0.15) is 0 Å². The summed E-state index contributed by atoms with van der Waals surface area (Å²) in [4.78, 5) is 38.8. The number of hydrogen-bond donors (Lipinski definition) is 3. The summed E-state index contributed by atoms with van der Waals surface area (Å²) < 4.78 is 0. The molecule has 2 heterocycles. The normalized spacial score (nSPS) is 15.5. The summed E-state index contributed by atoms with van der Waals surface area (Å²) in [6.07, 6.45) is 1.77. The molecule has 1 aromatic carbocycles. The highest BCUT2D eigenvalue weighted by Gasteiger charge is 2.28. The van der Waals surface area contributed by atoms with Crippen LogP contribution in [-0.2, 0) is 11.2 Å². The van der Waals surface area contributed by atoms with Crippen molar-refractivity contribution in [2.24, 2.45) is 0 Å². The van der Waals surface area contributed by atoms with Gasteiger partial charge in [0.15, 0.2) is 0 Å². The van der Waals surface area contributed by atoms with Gasteiger partial charge < -0.3 is 25.5 Å². The van der Waals surface area contributed by atoms with Gasteiger partial charge in [0.1, 0.15) is 0 Å². The molecule has 0 radical (unpaired) electrons. The number of urea groups is 2. The highest BCUT2D eigenvalue weighted by molar-refractivity contribution is 5.96. The molecule has 23 heavy (non-hydrogen) atoms. The van der Waals surface area contributed by atoms with E-state index in [1.807, 2.05) is 24.3 Å². The number of carbonyl (C=O) groups excluding carboxylic acids is 3. The van der Waals surface area contributed by atoms with Gasteiger partial charge in [0.05, 0.1) is 12.0 Å². The maximum absolute atomic E-state index is 12.0. The lowest BCUT2D eigenvalue weighted by atomic mass is 10.1. The summed E-state index contributed by atoms with van der Waals surface area (Å²) >= 11 is 0. The lowest BCUT2D eigenvalue weighted by Gasteiger charge is -2.22. The van der Waals surface area contributed by atoms with Crippen LogP contribution >= 0.6 is 0 Å². The number of carboxylic acid groups (broad SMARTS) is 1. The van der Waals surface area contributed by atoms with Crippen LogP contribution in [0.4, 0.5) is 9.59 Å². The Balaban J connectivity index is 1.75. The van der Waals surface area contributed by atoms with E-state index >= 15 is 0 Å². The van der Waals surface area contributed by atoms with Crippen LogP contribution in [0.5, 0.6) is 0 Å². The number of rotatable bonds is 4. The minimum atomic E-state index is -1.40. The Kier molecular flexibility index (Phi) is 3.88. The molecule has 0 unspecified atom stereocenters. The van der Waals surface area contributed by atoms with E-state index in [4.69, 9.17) is 0 Å². The Morgan fingerprint density at radius 2 is 2.13 bits per heavy atom. The molecule has 3 rings (SSSR count). The molecular formula is C15H15N4O4-. The van der Waals surface area contributed by atoms with Crippen molar-refractivity contribution >= 4 is 28.9 Å². The monoisotopic (exact) mass is 315 g/mol. The average molecular weight is 315 g/mol. The molecule has 0 aliphatic carbocycles. The van der Waals surface area contributed by atoms with E-state index in [1.54, 1.807) is 6.20 Å². The maximum Gasteiger partial charge on any atom is 0.326 e. The lowest BCUT2D eigenvalue weighted by Crippen LogP contribution is -2.53. The number of carbonyl (C=O) groups is 3. The zero-order chi connectivity index (χ0) is 16.4. The van der Waals surface area contributed by atoms with Crippen LogP contribution < -0.4 is 15.7 Å². The second-order valence-corrected chi connectivity index (χ2v) is 5.27. The zero-order valence-corrected chi connectivity index (χ0v) is 12.2. The molecule has 3 N–H and O–H groups in total. The van der Waals surface area contributed by atoms with Crippen LogP contribution in [0, 0.1) is 0 Å². The number of fused-ring (bicyclic) bond motifs is 1. The number of aromatic nitrogens is 1. The van der Waals surface area contributed by atoms with E-state index in [1.165, 1.54) is 0 Å². The average Bonchev–Trinajstić information content (AvgIpc) is 3.13. The standard InChI is InChI=1S/C15H16N4O4/c20-13(21)12(18-15(23)19-6-5-16-14(19)22)7-9-8-17-11-4-2-1-3-10(9)11/h1-4,8,12,17H,5-7H2,(H,16,22)(H,18,23)(H,20,21)/p-1/t12-/m0/s1. The Morgan fingerprint density at radius 3 is 2.83 bits per heavy atom. The van der Waals surface area contributed by atoms with E-state index in [2.05, 4.69) is 15.6 Å². The summed E-state index contributed by atoms with van der Waals surface area (Å²) in [6, 6.07) is 4.95. The van der Waals surface area contributed by atoms with Gasteiger partial charge in [-0.3, -0.25) is 0 Å². The largest absolute Gasteiger partial charge is 0.548 e. The second kappa shape index (κ2) is 5.99. The van der Waals surface area contributed by atoms with E-state index < -0.39 is 24.1 Å². The summed E-state index contributed by atoms with van der Waals surface area (Å²) in [5, 5.41) is 17.0. The van der Waals surface area contributed by atoms with Gasteiger partial charge in [-0.05, 0) is 11.6 Å². The SMILES string of the molecule is O=C([O-])[C@H](Cc1c[nH]c2ccccc12)NC(=O)N1CCNC1=O. The minimum Gasteiger partial charge on any atom is -0.548 e. The number of para-hydroxylation sites is 1. The summed E-state index contributed by atoms with van der Waals surface area (Å²) in [7, 11) is 0. The fourth-order valence-electron chi connectivity index (χ4n) is 2.61. The number of nitrogens with one attached hydrogen (secondary N) is 3. The van der Waals surface area contributed by atoms with Crippen molar-refractivity contribution in [1.82, 2.24) is 20.5 Å². The predicted molar refractivity (Wildman–Crippen MR) is 79.4 cm³/mol. The van der Waals surface area contributed by atoms with Crippen LogP contribution in [-0.4, -0.2) is 47.0 Å². The number of amides is 4. The predicted octanol–water partition coefficient (Wildman–Crippen LogP) is -0.436. The highest BCUT2D eigenvalue weighted by atomic mass is 16.4. The quantitative estimate of drug-likeness (QED) is 0.709. The third-order valence-corrected chi connectivity index (χ3v) is 3.78. The third kappa shape index (κ3) is 2.96. The third-order valence-electron chi connectivity index (χ3n) is 3.78. The van der Waals surface area contributed by atoms with Crippen molar-refractivity contribution < 1.29 is 19.5 Å². The number of benzene rings is 1. The first-order valence-electron chi connectivity index (χ1n) is 7.18. The van der Waals surface area contributed by atoms with Crippen LogP contribution in [0.25, 0.3) is 10.9 Å². The molecule has 0 bridgehead atoms. The first kappa shape index (κ1) is 14.9. The smallest absolute Gasteiger partial charge is 0.326 e. The van der Waals surface area contributed by atoms with Crippen LogP contribution in [0.3, 0.4) is 0 Å². The number of aromatic amines is 1. The zero-order valence-electron chi connectivity index (χ0n) is 12.2. The first-order chi connectivity index (χ1) is 11.1. The first-order valence-corrected chi connectivity index (χ1v) is 7.18. The Labute approximate surface area is 131 Å². The Hall–Kier alpha value is -3.03. The molecule has 8 nitrogen and oxygen atoms in total. The fourth-order valence-corrected chi connectivity index (χ4v) is 2.61. The van der Waals surface area contributed by atoms with Gasteiger partial charge >= 0.3 is 12.1 Å². The summed E-state index contributed by atoms with van der Waals surface area (Å²) in [5.74, 6) is -1.40. The van der Waals surface area contributed by atoms with E-state index in [9.17, 15) is 19.5 Å². The van der Waals surface area contributed by atoms with Gasteiger partial charge in [0.25, 0.3) is 0 Å². The van der Waals surface area contributed by atoms with Crippen LogP contribution in [0.15, 0.2) is 30.5 Å². The number of imide groups is 1.